The van der Waals surface area contributed by atoms with Crippen molar-refractivity contribution >= 4 is 0 Å². The van der Waals surface area contributed by atoms with Crippen LogP contribution in [-0.2, 0) is 0 Å². The molecule has 1 atom stereocenters. The number of aliphatic hydroxyl groups is 1. The van der Waals surface area contributed by atoms with E-state index < -0.39 is 12.7 Å². The average Bonchev–Trinajstić information content (AvgIpc) is 2.25. The van der Waals surface area contributed by atoms with Gasteiger partial charge in [-0.3, -0.25) is 4.90 Å². The van der Waals surface area contributed by atoms with Crippen LogP contribution in [0.25, 0.3) is 0 Å². The van der Waals surface area contributed by atoms with E-state index in [1.54, 1.807) is 0 Å². The Kier molecular flexibility index (Phi) is 5.69. The van der Waals surface area contributed by atoms with Gasteiger partial charge in [0, 0.05) is 19.2 Å². The maximum absolute atomic E-state index is 12.2. The van der Waals surface area contributed by atoms with Gasteiger partial charge in [-0.2, -0.15) is 13.2 Å². The fourth-order valence-electron chi connectivity index (χ4n) is 1.98. The molecule has 1 rings (SSSR count). The van der Waals surface area contributed by atoms with E-state index >= 15 is 0 Å². The monoisotopic (exact) mass is 254 g/mol. The van der Waals surface area contributed by atoms with Crippen LogP contribution < -0.4 is 5.32 Å². The summed E-state index contributed by atoms with van der Waals surface area (Å²) in [6, 6.07) is 0.286. The molecule has 102 valence electrons. The van der Waals surface area contributed by atoms with Gasteiger partial charge < -0.3 is 10.4 Å². The van der Waals surface area contributed by atoms with Crippen molar-refractivity contribution in [2.75, 3.05) is 32.8 Å². The molecule has 3 nitrogen and oxygen atoms in total. The standard InChI is InChI=1S/C11H21F3N2O/c1-9(7-17)6-15-10-2-4-16(5-3-10)8-11(12,13)14/h9-10,15,17H,2-8H2,1H3. The van der Waals surface area contributed by atoms with Gasteiger partial charge in [0.25, 0.3) is 0 Å². The molecule has 0 aromatic carbocycles. The SMILES string of the molecule is CC(CO)CNC1CCN(CC(F)(F)F)CC1. The van der Waals surface area contributed by atoms with Gasteiger partial charge in [-0.1, -0.05) is 6.92 Å². The lowest BCUT2D eigenvalue weighted by Crippen LogP contribution is -2.46. The Morgan fingerprint density at radius 2 is 1.94 bits per heavy atom. The zero-order chi connectivity index (χ0) is 12.9. The lowest BCUT2D eigenvalue weighted by Gasteiger charge is -2.33. The molecule has 1 aliphatic heterocycles. The molecule has 1 unspecified atom stereocenters. The fraction of sp³-hybridized carbons (Fsp3) is 1.00. The molecular formula is C11H21F3N2O. The van der Waals surface area contributed by atoms with Crippen LogP contribution in [0, 0.1) is 5.92 Å². The number of nitrogens with one attached hydrogen (secondary N) is 1. The molecule has 6 heteroatoms. The highest BCUT2D eigenvalue weighted by molar-refractivity contribution is 4.78. The highest BCUT2D eigenvalue weighted by atomic mass is 19.4. The Morgan fingerprint density at radius 3 is 2.41 bits per heavy atom. The summed E-state index contributed by atoms with van der Waals surface area (Å²) in [5, 5.41) is 12.1. The molecule has 0 saturated carbocycles. The van der Waals surface area contributed by atoms with Crippen molar-refractivity contribution in [3.8, 4) is 0 Å². The number of piperidine rings is 1. The van der Waals surface area contributed by atoms with E-state index in [-0.39, 0.29) is 18.6 Å². The van der Waals surface area contributed by atoms with Crippen molar-refractivity contribution in [1.29, 1.82) is 0 Å². The maximum Gasteiger partial charge on any atom is 0.401 e. The topological polar surface area (TPSA) is 35.5 Å². The summed E-state index contributed by atoms with van der Waals surface area (Å²) < 4.78 is 36.5. The third kappa shape index (κ3) is 6.24. The van der Waals surface area contributed by atoms with E-state index in [4.69, 9.17) is 5.11 Å². The smallest absolute Gasteiger partial charge is 0.396 e. The molecule has 1 aliphatic rings. The molecule has 1 saturated heterocycles. The van der Waals surface area contributed by atoms with E-state index in [1.165, 1.54) is 4.90 Å². The third-order valence-electron chi connectivity index (χ3n) is 3.06. The van der Waals surface area contributed by atoms with Crippen molar-refractivity contribution in [3.63, 3.8) is 0 Å². The van der Waals surface area contributed by atoms with Gasteiger partial charge in [0.05, 0.1) is 6.54 Å². The van der Waals surface area contributed by atoms with Crippen molar-refractivity contribution in [2.24, 2.45) is 5.92 Å². The Bertz CT molecular complexity index is 215. The van der Waals surface area contributed by atoms with Crippen LogP contribution in [0.2, 0.25) is 0 Å². The summed E-state index contributed by atoms with van der Waals surface area (Å²) in [4.78, 5) is 1.45. The molecule has 2 N–H and O–H groups in total. The van der Waals surface area contributed by atoms with E-state index in [1.807, 2.05) is 6.92 Å². The Labute approximate surface area is 100.0 Å². The minimum atomic E-state index is -4.09. The van der Waals surface area contributed by atoms with E-state index in [0.717, 1.165) is 19.4 Å². The predicted octanol–water partition coefficient (Wildman–Crippen LogP) is 1.23. The number of nitrogens with zero attached hydrogens (tertiary/aromatic N) is 1. The first-order valence-electron chi connectivity index (χ1n) is 6.04. The normalized spacial score (nSPS) is 21.7. The van der Waals surface area contributed by atoms with Crippen LogP contribution in [0.15, 0.2) is 0 Å². The molecule has 0 aliphatic carbocycles. The Morgan fingerprint density at radius 1 is 1.35 bits per heavy atom. The Balaban J connectivity index is 2.17. The van der Waals surface area contributed by atoms with Gasteiger partial charge in [-0.25, -0.2) is 0 Å². The van der Waals surface area contributed by atoms with Crippen molar-refractivity contribution in [3.05, 3.63) is 0 Å². The van der Waals surface area contributed by atoms with Gasteiger partial charge in [-0.15, -0.1) is 0 Å². The molecule has 1 heterocycles. The molecule has 0 aromatic heterocycles. The van der Waals surface area contributed by atoms with Gasteiger partial charge in [0.1, 0.15) is 0 Å². The van der Waals surface area contributed by atoms with E-state index in [2.05, 4.69) is 5.32 Å². The first kappa shape index (κ1) is 14.7. The summed E-state index contributed by atoms with van der Waals surface area (Å²) in [5.74, 6) is 0.197. The summed E-state index contributed by atoms with van der Waals surface area (Å²) in [7, 11) is 0. The highest BCUT2D eigenvalue weighted by Gasteiger charge is 2.32. The molecule has 17 heavy (non-hydrogen) atoms. The van der Waals surface area contributed by atoms with Crippen molar-refractivity contribution in [1.82, 2.24) is 10.2 Å². The molecule has 0 aromatic rings. The summed E-state index contributed by atoms with van der Waals surface area (Å²) >= 11 is 0. The van der Waals surface area contributed by atoms with E-state index in [0.29, 0.717) is 13.1 Å². The zero-order valence-corrected chi connectivity index (χ0v) is 10.1. The molecule has 0 amide bonds. The first-order valence-corrected chi connectivity index (χ1v) is 6.04. The lowest BCUT2D eigenvalue weighted by atomic mass is 10.0. The number of aliphatic hydroxyl groups excluding tert-OH is 1. The second-order valence-electron chi connectivity index (χ2n) is 4.86. The molecule has 0 radical (unpaired) electrons. The second kappa shape index (κ2) is 6.56. The van der Waals surface area contributed by atoms with Crippen LogP contribution in [-0.4, -0.2) is 55.0 Å². The van der Waals surface area contributed by atoms with Crippen LogP contribution >= 0.6 is 0 Å². The van der Waals surface area contributed by atoms with Crippen molar-refractivity contribution < 1.29 is 18.3 Å². The summed E-state index contributed by atoms with van der Waals surface area (Å²) in [6.45, 7) is 2.98. The lowest BCUT2D eigenvalue weighted by molar-refractivity contribution is -0.148. The van der Waals surface area contributed by atoms with Gasteiger partial charge in [-0.05, 0) is 31.8 Å². The molecular weight excluding hydrogens is 233 g/mol. The molecule has 1 fully saturated rings. The summed E-state index contributed by atoms with van der Waals surface area (Å²) in [5.41, 5.74) is 0. The number of alkyl halides is 3. The Hall–Kier alpha value is -0.330. The van der Waals surface area contributed by atoms with Gasteiger partial charge in [0.2, 0.25) is 0 Å². The van der Waals surface area contributed by atoms with Crippen LogP contribution in [0.1, 0.15) is 19.8 Å². The van der Waals surface area contributed by atoms with Gasteiger partial charge >= 0.3 is 6.18 Å². The molecule has 0 bridgehead atoms. The van der Waals surface area contributed by atoms with Crippen molar-refractivity contribution in [2.45, 2.75) is 32.0 Å². The number of hydrogen-bond donors (Lipinski definition) is 2. The first-order chi connectivity index (χ1) is 7.90. The quantitative estimate of drug-likeness (QED) is 0.774. The minimum absolute atomic E-state index is 0.139. The highest BCUT2D eigenvalue weighted by Crippen LogP contribution is 2.19. The third-order valence-corrected chi connectivity index (χ3v) is 3.06. The minimum Gasteiger partial charge on any atom is -0.396 e. The number of halogens is 3. The number of likely N-dealkylation sites (tertiary alicyclic amines) is 1. The summed E-state index contributed by atoms with van der Waals surface area (Å²) in [6.07, 6.45) is -2.60. The zero-order valence-electron chi connectivity index (χ0n) is 10.1. The average molecular weight is 254 g/mol. The second-order valence-corrected chi connectivity index (χ2v) is 4.86. The van der Waals surface area contributed by atoms with Crippen LogP contribution in [0.5, 0.6) is 0 Å². The van der Waals surface area contributed by atoms with Crippen LogP contribution in [0.4, 0.5) is 13.2 Å². The van der Waals surface area contributed by atoms with Gasteiger partial charge in [0.15, 0.2) is 0 Å². The number of hydrogen-bond acceptors (Lipinski definition) is 3. The van der Waals surface area contributed by atoms with E-state index in [9.17, 15) is 13.2 Å². The fourth-order valence-corrected chi connectivity index (χ4v) is 1.98. The largest absolute Gasteiger partial charge is 0.401 e. The van der Waals surface area contributed by atoms with Crippen LogP contribution in [0.3, 0.4) is 0 Å². The predicted molar refractivity (Wildman–Crippen MR) is 59.8 cm³/mol. The number of rotatable bonds is 5. The molecule has 0 spiro atoms. The maximum atomic E-state index is 12.2.